The first-order chi connectivity index (χ1) is 11.6. The summed E-state index contributed by atoms with van der Waals surface area (Å²) < 4.78 is 0. The second kappa shape index (κ2) is 15.9. The summed E-state index contributed by atoms with van der Waals surface area (Å²) in [7, 11) is 4.45. The van der Waals surface area contributed by atoms with E-state index in [4.69, 9.17) is 0 Å². The maximum absolute atomic E-state index is 4.45. The molecule has 0 saturated carbocycles. The molecule has 5 unspecified atom stereocenters. The Kier molecular flexibility index (Phi) is 16.5. The second-order valence-electron chi connectivity index (χ2n) is 7.29. The number of rotatable bonds is 0. The van der Waals surface area contributed by atoms with Crippen LogP contribution in [-0.2, 0) is 15.1 Å². The van der Waals surface area contributed by atoms with E-state index in [-0.39, 0.29) is 12.4 Å². The Labute approximate surface area is 173 Å². The predicted octanol–water partition coefficient (Wildman–Crippen LogP) is -1.98. The Morgan fingerprint density at radius 1 is 0.680 bits per heavy atom. The number of halogens is 2. The van der Waals surface area contributed by atoms with Crippen molar-refractivity contribution < 1.29 is 27.5 Å². The molecule has 0 aromatic heterocycles. The number of fused-ring (bicyclic) bond motifs is 6. The molecule has 2 rings (SSSR count). The third-order valence-electron chi connectivity index (χ3n) is 5.05. The molecule has 2 heterocycles. The van der Waals surface area contributed by atoms with E-state index in [1.807, 2.05) is 0 Å². The van der Waals surface area contributed by atoms with Crippen LogP contribution in [0.1, 0.15) is 33.6 Å². The minimum atomic E-state index is 0. The van der Waals surface area contributed by atoms with Crippen LogP contribution in [0.2, 0.25) is 0 Å². The molecule has 2 aliphatic rings. The van der Waals surface area contributed by atoms with Crippen LogP contribution in [0.15, 0.2) is 0 Å². The first-order valence-electron chi connectivity index (χ1n) is 9.42. The van der Waals surface area contributed by atoms with Crippen LogP contribution in [0.5, 0.6) is 0 Å². The fourth-order valence-electron chi connectivity index (χ4n) is 3.45. The van der Waals surface area contributed by atoms with Gasteiger partial charge in [-0.15, -0.1) is 0 Å². The number of hydrogen-bond donors (Lipinski definition) is 3. The zero-order chi connectivity index (χ0) is 17.8. The molecule has 2 fully saturated rings. The van der Waals surface area contributed by atoms with Crippen molar-refractivity contribution in [3.05, 3.63) is 0 Å². The number of nitrogens with zero attached hydrogens (tertiary/aromatic N) is 2. The molecule has 2 bridgehead atoms. The van der Waals surface area contributed by atoms with Crippen molar-refractivity contribution in [1.82, 2.24) is 25.8 Å². The van der Waals surface area contributed by atoms with Crippen LogP contribution in [0, 0.1) is 0 Å². The number of nitrogens with one attached hydrogen (secondary N) is 3. The van der Waals surface area contributed by atoms with E-state index in [2.05, 4.69) is 71.7 Å². The van der Waals surface area contributed by atoms with Crippen LogP contribution < -0.4 is 28.4 Å². The van der Waals surface area contributed by atoms with Crippen LogP contribution in [0.4, 0.5) is 0 Å². The zero-order valence-electron chi connectivity index (χ0n) is 16.0. The van der Waals surface area contributed by atoms with Crippen molar-refractivity contribution >= 4 is 10.1 Å². The van der Waals surface area contributed by atoms with E-state index in [0.29, 0.717) is 18.1 Å². The molecule has 5 atom stereocenters. The molecule has 8 heteroatoms. The van der Waals surface area contributed by atoms with Gasteiger partial charge < -0.3 is 38.2 Å². The average Bonchev–Trinajstić information content (AvgIpc) is 2.59. The summed E-state index contributed by atoms with van der Waals surface area (Å²) in [6, 6.07) is 1.80. The first kappa shape index (κ1) is 25.9. The fourth-order valence-corrected chi connectivity index (χ4v) is 3.45. The van der Waals surface area contributed by atoms with E-state index >= 15 is 0 Å². The van der Waals surface area contributed by atoms with Gasteiger partial charge in [-0.05, 0) is 46.7 Å². The van der Waals surface area contributed by atoms with Crippen molar-refractivity contribution in [3.8, 4) is 0 Å². The molecule has 0 radical (unpaired) electrons. The number of hydrogen-bond acceptors (Lipinski definition) is 5. The topological polar surface area (TPSA) is 42.6 Å². The van der Waals surface area contributed by atoms with E-state index in [0.717, 1.165) is 45.8 Å². The molecule has 0 spiro atoms. The van der Waals surface area contributed by atoms with Gasteiger partial charge in [0.25, 0.3) is 0 Å². The van der Waals surface area contributed by atoms with Gasteiger partial charge in [-0.1, -0.05) is 0 Å². The monoisotopic (exact) mass is 436 g/mol. The Hall–Kier alpha value is 0.899. The van der Waals surface area contributed by atoms with Crippen LogP contribution in [0.25, 0.3) is 0 Å². The quantitative estimate of drug-likeness (QED) is 0.303. The molecule has 0 aromatic carbocycles. The van der Waals surface area contributed by atoms with E-state index in [9.17, 15) is 0 Å². The molecule has 2 aliphatic heterocycles. The van der Waals surface area contributed by atoms with E-state index in [1.165, 1.54) is 25.9 Å². The average molecular weight is 437 g/mol. The predicted molar refractivity (Wildman–Crippen MR) is 100 cm³/mol. The fraction of sp³-hybridized carbons (Fsp3) is 1.00. The molecule has 151 valence electrons. The first-order valence-corrected chi connectivity index (χ1v) is 11.0. The van der Waals surface area contributed by atoms with E-state index < -0.39 is 0 Å². The standard InChI is InChI=1S/C17H37N5.2ClH.Mn/c1-15-4-9-21-11-6-18-16(2)5-10-22(13-8-19-15)14-17(3)20-7-12-21;;;/h15-20H,4-14H2,1-3H3;2*1H;/q;;;+2/p-2. The minimum absolute atomic E-state index is 0. The Morgan fingerprint density at radius 3 is 1.60 bits per heavy atom. The Bertz CT molecular complexity index is 315. The summed E-state index contributed by atoms with van der Waals surface area (Å²) in [6.07, 6.45) is 2.48. The van der Waals surface area contributed by atoms with Gasteiger partial charge in [0, 0.05) is 63.9 Å². The molecule has 0 aromatic rings. The van der Waals surface area contributed by atoms with Gasteiger partial charge in [0.05, 0.1) is 0 Å². The molecular formula is C17H37Cl2MnN5. The summed E-state index contributed by atoms with van der Waals surface area (Å²) >= 11 is 2.41. The Balaban J connectivity index is 0.00000185. The molecule has 5 nitrogen and oxygen atoms in total. The molecule has 3 N–H and O–H groups in total. The summed E-state index contributed by atoms with van der Waals surface area (Å²) in [5, 5.41) is 11.1. The molecular weight excluding hydrogens is 400 g/mol. The van der Waals surface area contributed by atoms with Crippen molar-refractivity contribution in [1.29, 1.82) is 0 Å². The molecule has 25 heavy (non-hydrogen) atoms. The van der Waals surface area contributed by atoms with Gasteiger partial charge in [0.15, 0.2) is 0 Å². The zero-order valence-corrected chi connectivity index (χ0v) is 18.7. The third kappa shape index (κ3) is 12.1. The van der Waals surface area contributed by atoms with Gasteiger partial charge in [-0.25, -0.2) is 0 Å². The van der Waals surface area contributed by atoms with Gasteiger partial charge in [0.2, 0.25) is 0 Å². The van der Waals surface area contributed by atoms with Gasteiger partial charge in [-0.2, -0.15) is 0 Å². The van der Waals surface area contributed by atoms with Gasteiger partial charge >= 0.3 is 25.2 Å². The van der Waals surface area contributed by atoms with Crippen LogP contribution >= 0.6 is 10.1 Å². The summed E-state index contributed by atoms with van der Waals surface area (Å²) in [5.74, 6) is 0. The molecule has 0 aliphatic carbocycles. The summed E-state index contributed by atoms with van der Waals surface area (Å²) in [4.78, 5) is 5.24. The summed E-state index contributed by atoms with van der Waals surface area (Å²) in [6.45, 7) is 17.3. The molecule has 0 amide bonds. The molecule has 2 saturated heterocycles. The van der Waals surface area contributed by atoms with Gasteiger partial charge in [-0.3, -0.25) is 0 Å². The van der Waals surface area contributed by atoms with Crippen LogP contribution in [-0.4, -0.2) is 86.8 Å². The SMILES string of the molecule is CC1CCN2CCNC(C)CCN(CCN1)CC(C)NCC2.[Cl-].[Cl][Mn+]. The van der Waals surface area contributed by atoms with Crippen molar-refractivity contribution in [2.75, 3.05) is 58.9 Å². The third-order valence-corrected chi connectivity index (χ3v) is 5.05. The van der Waals surface area contributed by atoms with Crippen molar-refractivity contribution in [2.24, 2.45) is 0 Å². The maximum atomic E-state index is 4.45. The summed E-state index contributed by atoms with van der Waals surface area (Å²) in [5.41, 5.74) is 0. The Morgan fingerprint density at radius 2 is 1.08 bits per heavy atom. The van der Waals surface area contributed by atoms with E-state index in [1.54, 1.807) is 0 Å². The van der Waals surface area contributed by atoms with Gasteiger partial charge in [0.1, 0.15) is 0 Å². The van der Waals surface area contributed by atoms with Crippen molar-refractivity contribution in [2.45, 2.75) is 51.7 Å². The van der Waals surface area contributed by atoms with Crippen molar-refractivity contribution in [3.63, 3.8) is 0 Å². The van der Waals surface area contributed by atoms with Crippen LogP contribution in [0.3, 0.4) is 0 Å². The normalized spacial score (nSPS) is 35.6. The second-order valence-corrected chi connectivity index (χ2v) is 7.29.